The molecule has 2 N–H and O–H groups in total. The molecule has 0 saturated carbocycles. The summed E-state index contributed by atoms with van der Waals surface area (Å²) in [5.41, 5.74) is 1.88. The van der Waals surface area contributed by atoms with Crippen LogP contribution in [0, 0.1) is 4.77 Å². The Kier molecular flexibility index (Phi) is 2.81. The standard InChI is InChI=1S/C13H9ClN2OS/c14-8-1-3-9(4-2-8)17-10-5-6-11-12(7-10)16-13(18)15-11/h1-7H,(H2,15,16,18). The molecular formula is C13H9ClN2OS. The number of fused-ring (bicyclic) bond motifs is 1. The van der Waals surface area contributed by atoms with Gasteiger partial charge in [0.05, 0.1) is 11.0 Å². The predicted octanol–water partition coefficient (Wildman–Crippen LogP) is 4.67. The molecule has 90 valence electrons. The number of H-pyrrole nitrogens is 2. The zero-order chi connectivity index (χ0) is 12.5. The highest BCUT2D eigenvalue weighted by molar-refractivity contribution is 7.71. The Bertz CT molecular complexity index is 746. The Morgan fingerprint density at radius 2 is 1.56 bits per heavy atom. The van der Waals surface area contributed by atoms with Crippen molar-refractivity contribution in [3.05, 3.63) is 52.3 Å². The van der Waals surface area contributed by atoms with Crippen molar-refractivity contribution >= 4 is 34.9 Å². The molecule has 5 heteroatoms. The van der Waals surface area contributed by atoms with Crippen LogP contribution < -0.4 is 4.74 Å². The Hall–Kier alpha value is -1.78. The topological polar surface area (TPSA) is 40.8 Å². The molecule has 0 amide bonds. The van der Waals surface area contributed by atoms with Crippen molar-refractivity contribution in [2.24, 2.45) is 0 Å². The molecule has 0 fully saturated rings. The number of halogens is 1. The Balaban J connectivity index is 1.94. The first kappa shape index (κ1) is 11.3. The van der Waals surface area contributed by atoms with E-state index in [0.29, 0.717) is 9.79 Å². The van der Waals surface area contributed by atoms with E-state index in [9.17, 15) is 0 Å². The van der Waals surface area contributed by atoms with Crippen molar-refractivity contribution in [2.45, 2.75) is 0 Å². The van der Waals surface area contributed by atoms with Crippen molar-refractivity contribution in [1.82, 2.24) is 9.97 Å². The fourth-order valence-corrected chi connectivity index (χ4v) is 2.06. The summed E-state index contributed by atoms with van der Waals surface area (Å²) in [7, 11) is 0. The lowest BCUT2D eigenvalue weighted by molar-refractivity contribution is 0.483. The van der Waals surface area contributed by atoms with Gasteiger partial charge in [-0.3, -0.25) is 0 Å². The van der Waals surface area contributed by atoms with E-state index in [-0.39, 0.29) is 0 Å². The quantitative estimate of drug-likeness (QED) is 0.668. The van der Waals surface area contributed by atoms with Crippen LogP contribution in [0.3, 0.4) is 0 Å². The van der Waals surface area contributed by atoms with E-state index >= 15 is 0 Å². The lowest BCUT2D eigenvalue weighted by Gasteiger charge is -2.05. The Labute approximate surface area is 113 Å². The fraction of sp³-hybridized carbons (Fsp3) is 0. The maximum atomic E-state index is 5.82. The van der Waals surface area contributed by atoms with Crippen LogP contribution in [-0.2, 0) is 0 Å². The number of hydrogen-bond acceptors (Lipinski definition) is 2. The highest BCUT2D eigenvalue weighted by Crippen LogP contribution is 2.25. The highest BCUT2D eigenvalue weighted by Gasteiger charge is 2.01. The average molecular weight is 277 g/mol. The van der Waals surface area contributed by atoms with Crippen molar-refractivity contribution < 1.29 is 4.74 Å². The van der Waals surface area contributed by atoms with Crippen LogP contribution in [0.1, 0.15) is 0 Å². The first-order valence-electron chi connectivity index (χ1n) is 5.36. The van der Waals surface area contributed by atoms with Crippen molar-refractivity contribution in [3.63, 3.8) is 0 Å². The number of imidazole rings is 1. The van der Waals surface area contributed by atoms with Crippen molar-refractivity contribution in [3.8, 4) is 11.5 Å². The molecule has 0 unspecified atom stereocenters. The Morgan fingerprint density at radius 3 is 2.33 bits per heavy atom. The Morgan fingerprint density at radius 1 is 0.889 bits per heavy atom. The number of aromatic nitrogens is 2. The van der Waals surface area contributed by atoms with Crippen LogP contribution in [0.15, 0.2) is 42.5 Å². The van der Waals surface area contributed by atoms with E-state index in [0.717, 1.165) is 22.5 Å². The SMILES string of the molecule is S=c1[nH]c2ccc(Oc3ccc(Cl)cc3)cc2[nH]1. The molecule has 0 aliphatic heterocycles. The molecule has 0 saturated heterocycles. The number of nitrogens with one attached hydrogen (secondary N) is 2. The van der Waals surface area contributed by atoms with Gasteiger partial charge in [-0.15, -0.1) is 0 Å². The van der Waals surface area contributed by atoms with Gasteiger partial charge in [0.1, 0.15) is 11.5 Å². The first-order valence-corrected chi connectivity index (χ1v) is 6.15. The molecule has 0 atom stereocenters. The zero-order valence-corrected chi connectivity index (χ0v) is 10.8. The highest BCUT2D eigenvalue weighted by atomic mass is 35.5. The van der Waals surface area contributed by atoms with Gasteiger partial charge in [-0.2, -0.15) is 0 Å². The monoisotopic (exact) mass is 276 g/mol. The number of rotatable bonds is 2. The molecule has 0 bridgehead atoms. The molecule has 0 aliphatic rings. The van der Waals surface area contributed by atoms with Crippen LogP contribution in [0.4, 0.5) is 0 Å². The molecule has 3 aromatic rings. The summed E-state index contributed by atoms with van der Waals surface area (Å²) in [6.07, 6.45) is 0. The molecule has 1 aromatic heterocycles. The number of aromatic amines is 2. The summed E-state index contributed by atoms with van der Waals surface area (Å²) in [4.78, 5) is 6.10. The van der Waals surface area contributed by atoms with Gasteiger partial charge in [0.15, 0.2) is 4.77 Å². The molecule has 2 aromatic carbocycles. The summed E-state index contributed by atoms with van der Waals surface area (Å²) in [6.45, 7) is 0. The summed E-state index contributed by atoms with van der Waals surface area (Å²) in [5.74, 6) is 1.49. The minimum atomic E-state index is 0.605. The largest absolute Gasteiger partial charge is 0.457 e. The molecule has 1 heterocycles. The smallest absolute Gasteiger partial charge is 0.175 e. The van der Waals surface area contributed by atoms with Crippen LogP contribution >= 0.6 is 23.8 Å². The van der Waals surface area contributed by atoms with Gasteiger partial charge in [0.25, 0.3) is 0 Å². The summed E-state index contributed by atoms with van der Waals surface area (Å²) < 4.78 is 6.33. The molecule has 3 rings (SSSR count). The summed E-state index contributed by atoms with van der Waals surface area (Å²) >= 11 is 10.9. The number of benzene rings is 2. The van der Waals surface area contributed by atoms with E-state index in [4.69, 9.17) is 28.6 Å². The van der Waals surface area contributed by atoms with Gasteiger partial charge >= 0.3 is 0 Å². The lowest BCUT2D eigenvalue weighted by Crippen LogP contribution is -1.83. The van der Waals surface area contributed by atoms with Crippen LogP contribution in [0.25, 0.3) is 11.0 Å². The van der Waals surface area contributed by atoms with Crippen molar-refractivity contribution in [2.75, 3.05) is 0 Å². The van der Waals surface area contributed by atoms with Crippen LogP contribution in [0.2, 0.25) is 5.02 Å². The molecular weight excluding hydrogens is 268 g/mol. The zero-order valence-electron chi connectivity index (χ0n) is 9.24. The first-order chi connectivity index (χ1) is 8.70. The third kappa shape index (κ3) is 2.25. The molecule has 0 spiro atoms. The minimum absolute atomic E-state index is 0.605. The predicted molar refractivity (Wildman–Crippen MR) is 75.0 cm³/mol. The third-order valence-corrected chi connectivity index (χ3v) is 2.99. The van der Waals surface area contributed by atoms with Crippen molar-refractivity contribution in [1.29, 1.82) is 0 Å². The average Bonchev–Trinajstić information content (AvgIpc) is 2.71. The second-order valence-electron chi connectivity index (χ2n) is 3.84. The van der Waals surface area contributed by atoms with Gasteiger partial charge in [-0.25, -0.2) is 0 Å². The third-order valence-electron chi connectivity index (χ3n) is 2.54. The molecule has 0 aliphatic carbocycles. The molecule has 18 heavy (non-hydrogen) atoms. The fourth-order valence-electron chi connectivity index (χ4n) is 1.71. The summed E-state index contributed by atoms with van der Waals surface area (Å²) in [5, 5.41) is 0.688. The minimum Gasteiger partial charge on any atom is -0.457 e. The van der Waals surface area contributed by atoms with Gasteiger partial charge in [0.2, 0.25) is 0 Å². The van der Waals surface area contributed by atoms with E-state index < -0.39 is 0 Å². The number of ether oxygens (including phenoxy) is 1. The second-order valence-corrected chi connectivity index (χ2v) is 4.69. The van der Waals surface area contributed by atoms with Gasteiger partial charge in [-0.05, 0) is 48.6 Å². The normalized spacial score (nSPS) is 10.7. The van der Waals surface area contributed by atoms with E-state index in [1.807, 2.05) is 30.3 Å². The van der Waals surface area contributed by atoms with E-state index in [1.54, 1.807) is 12.1 Å². The van der Waals surface area contributed by atoms with E-state index in [2.05, 4.69) is 9.97 Å². The maximum absolute atomic E-state index is 5.82. The molecule has 3 nitrogen and oxygen atoms in total. The van der Waals surface area contributed by atoms with E-state index in [1.165, 1.54) is 0 Å². The second kappa shape index (κ2) is 4.48. The van der Waals surface area contributed by atoms with Gasteiger partial charge < -0.3 is 14.7 Å². The van der Waals surface area contributed by atoms with Gasteiger partial charge in [0, 0.05) is 11.1 Å². The lowest BCUT2D eigenvalue weighted by atomic mass is 10.3. The maximum Gasteiger partial charge on any atom is 0.175 e. The summed E-state index contributed by atoms with van der Waals surface area (Å²) in [6, 6.07) is 12.9. The van der Waals surface area contributed by atoms with Crippen LogP contribution in [-0.4, -0.2) is 9.97 Å². The molecule has 0 radical (unpaired) electrons. The van der Waals surface area contributed by atoms with Crippen LogP contribution in [0.5, 0.6) is 11.5 Å². The van der Waals surface area contributed by atoms with Gasteiger partial charge in [-0.1, -0.05) is 11.6 Å². The number of hydrogen-bond donors (Lipinski definition) is 2.